The third kappa shape index (κ3) is 1.76. The van der Waals surface area contributed by atoms with Crippen molar-refractivity contribution < 1.29 is 14.6 Å². The van der Waals surface area contributed by atoms with Gasteiger partial charge in [0.2, 0.25) is 0 Å². The van der Waals surface area contributed by atoms with Crippen LogP contribution < -0.4 is 4.90 Å². The summed E-state index contributed by atoms with van der Waals surface area (Å²) < 4.78 is 6.19. The fraction of sp³-hybridized carbons (Fsp3) is 0.682. The molecule has 10 unspecified atom stereocenters. The van der Waals surface area contributed by atoms with Gasteiger partial charge in [-0.25, -0.2) is 0 Å². The summed E-state index contributed by atoms with van der Waals surface area (Å²) in [5.41, 5.74) is 2.36. The van der Waals surface area contributed by atoms with E-state index in [0.717, 1.165) is 19.3 Å². The van der Waals surface area contributed by atoms with Crippen molar-refractivity contribution in [2.45, 2.75) is 62.1 Å². The molecule has 28 heavy (non-hydrogen) atoms. The smallest absolute Gasteiger partial charge is 0.321 e. The number of piperidine rings is 4. The lowest BCUT2D eigenvalue weighted by atomic mass is 9.62. The predicted octanol–water partition coefficient (Wildman–Crippen LogP) is 2.34. The normalized spacial score (nSPS) is 49.3. The van der Waals surface area contributed by atoms with Gasteiger partial charge in [-0.05, 0) is 36.8 Å². The van der Waals surface area contributed by atoms with Gasteiger partial charge in [-0.15, -0.1) is 11.6 Å². The van der Waals surface area contributed by atoms with Gasteiger partial charge in [-0.3, -0.25) is 9.69 Å². The monoisotopic (exact) mass is 402 g/mol. The lowest BCUT2D eigenvalue weighted by Crippen LogP contribution is -2.72. The van der Waals surface area contributed by atoms with E-state index in [1.807, 2.05) is 0 Å². The summed E-state index contributed by atoms with van der Waals surface area (Å²) in [7, 11) is 2.17. The summed E-state index contributed by atoms with van der Waals surface area (Å²) in [6, 6.07) is 9.40. The molecule has 6 aliphatic rings. The molecule has 1 N–H and O–H groups in total. The zero-order valence-electron chi connectivity index (χ0n) is 16.3. The Kier molecular flexibility index (Phi) is 3.54. The largest absolute Gasteiger partial charge is 0.460 e. The van der Waals surface area contributed by atoms with E-state index in [1.165, 1.54) is 11.3 Å². The minimum absolute atomic E-state index is 0.107. The van der Waals surface area contributed by atoms with E-state index < -0.39 is 0 Å². The minimum atomic E-state index is -0.382. The maximum absolute atomic E-state index is 12.4. The lowest BCUT2D eigenvalue weighted by molar-refractivity contribution is -0.212. The number of carbonyl (C=O) groups is 1. The van der Waals surface area contributed by atoms with E-state index in [1.54, 1.807) is 0 Å². The Labute approximate surface area is 170 Å². The summed E-state index contributed by atoms with van der Waals surface area (Å²) in [4.78, 5) is 17.2. The van der Waals surface area contributed by atoms with Crippen molar-refractivity contribution in [3.05, 3.63) is 29.8 Å². The third-order valence-electron chi connectivity index (χ3n) is 8.79. The average Bonchev–Trinajstić information content (AvgIpc) is 3.10. The van der Waals surface area contributed by atoms with E-state index in [9.17, 15) is 9.90 Å². The van der Waals surface area contributed by atoms with E-state index in [0.29, 0.717) is 12.0 Å². The van der Waals surface area contributed by atoms with Crippen LogP contribution in [0.2, 0.25) is 0 Å². The van der Waals surface area contributed by atoms with Gasteiger partial charge in [-0.1, -0.05) is 25.1 Å². The van der Waals surface area contributed by atoms with Crippen LogP contribution in [-0.2, 0) is 14.9 Å². The molecule has 5 nitrogen and oxygen atoms in total. The van der Waals surface area contributed by atoms with Crippen LogP contribution >= 0.6 is 11.6 Å². The number of fused-ring (bicyclic) bond motifs is 2. The van der Waals surface area contributed by atoms with Gasteiger partial charge in [0.05, 0.1) is 11.5 Å². The van der Waals surface area contributed by atoms with Crippen LogP contribution in [0.5, 0.6) is 0 Å². The van der Waals surface area contributed by atoms with Crippen molar-refractivity contribution in [1.29, 1.82) is 0 Å². The van der Waals surface area contributed by atoms with Crippen molar-refractivity contribution in [3.8, 4) is 0 Å². The van der Waals surface area contributed by atoms with Gasteiger partial charge in [-0.2, -0.15) is 0 Å². The van der Waals surface area contributed by atoms with Crippen molar-refractivity contribution in [2.24, 2.45) is 17.8 Å². The van der Waals surface area contributed by atoms with Crippen LogP contribution in [0.25, 0.3) is 0 Å². The van der Waals surface area contributed by atoms with Crippen LogP contribution in [0.3, 0.4) is 0 Å². The molecule has 10 atom stereocenters. The van der Waals surface area contributed by atoms with E-state index in [4.69, 9.17) is 16.3 Å². The number of rotatable bonds is 3. The molecule has 0 amide bonds. The number of hydrogen-bond donors (Lipinski definition) is 1. The Bertz CT molecular complexity index is 849. The number of anilines is 1. The van der Waals surface area contributed by atoms with Gasteiger partial charge in [0, 0.05) is 36.7 Å². The highest BCUT2D eigenvalue weighted by molar-refractivity contribution is 6.26. The number of halogens is 1. The first-order chi connectivity index (χ1) is 13.5. The molecule has 1 aliphatic carbocycles. The average molecular weight is 403 g/mol. The summed E-state index contributed by atoms with van der Waals surface area (Å²) in [6.07, 6.45) is 2.44. The molecule has 0 aromatic heterocycles. The number of esters is 1. The molecule has 5 bridgehead atoms. The second-order valence-corrected chi connectivity index (χ2v) is 9.67. The molecule has 0 radical (unpaired) electrons. The predicted molar refractivity (Wildman–Crippen MR) is 106 cm³/mol. The molecule has 5 fully saturated rings. The van der Waals surface area contributed by atoms with Crippen LogP contribution in [0, 0.1) is 17.8 Å². The second kappa shape index (κ2) is 5.65. The topological polar surface area (TPSA) is 53.0 Å². The zero-order valence-corrected chi connectivity index (χ0v) is 17.0. The molecule has 6 heteroatoms. The highest BCUT2D eigenvalue weighted by atomic mass is 35.5. The van der Waals surface area contributed by atoms with Crippen LogP contribution in [0.15, 0.2) is 24.3 Å². The number of aliphatic hydroxyl groups excluding tert-OH is 1. The Morgan fingerprint density at radius 2 is 2.14 bits per heavy atom. The Balaban J connectivity index is 1.57. The Morgan fingerprint density at radius 3 is 2.89 bits per heavy atom. The highest BCUT2D eigenvalue weighted by Crippen LogP contribution is 2.69. The number of carbonyl (C=O) groups excluding carboxylic acids is 1. The van der Waals surface area contributed by atoms with Crippen molar-refractivity contribution in [3.63, 3.8) is 0 Å². The summed E-state index contributed by atoms with van der Waals surface area (Å²) in [5, 5.41) is 11.2. The summed E-state index contributed by atoms with van der Waals surface area (Å²) in [6.45, 7) is 2.17. The van der Waals surface area contributed by atoms with E-state index in [2.05, 4.69) is 48.0 Å². The number of para-hydroxylation sites is 1. The van der Waals surface area contributed by atoms with Crippen molar-refractivity contribution in [1.82, 2.24) is 4.90 Å². The number of nitrogens with zero attached hydrogens (tertiary/aromatic N) is 2. The van der Waals surface area contributed by atoms with Gasteiger partial charge in [0.15, 0.2) is 0 Å². The maximum atomic E-state index is 12.4. The summed E-state index contributed by atoms with van der Waals surface area (Å²) >= 11 is 5.87. The minimum Gasteiger partial charge on any atom is -0.460 e. The van der Waals surface area contributed by atoms with E-state index >= 15 is 0 Å². The van der Waals surface area contributed by atoms with E-state index in [-0.39, 0.29) is 53.5 Å². The number of likely N-dealkylation sites (N-methyl/N-ethyl adjacent to an activating group) is 1. The van der Waals surface area contributed by atoms with Gasteiger partial charge < -0.3 is 14.7 Å². The molecule has 4 saturated heterocycles. The number of alkyl halides is 1. The fourth-order valence-corrected chi connectivity index (χ4v) is 8.26. The lowest BCUT2D eigenvalue weighted by Gasteiger charge is -2.62. The first-order valence-electron chi connectivity index (χ1n) is 10.6. The third-order valence-corrected chi connectivity index (χ3v) is 9.01. The molecule has 5 aliphatic heterocycles. The van der Waals surface area contributed by atoms with Crippen molar-refractivity contribution in [2.75, 3.05) is 17.8 Å². The number of benzene rings is 1. The summed E-state index contributed by atoms with van der Waals surface area (Å²) in [5.74, 6) is 0.510. The standard InChI is InChI=1S/C22H27ClN2O3/c1-3-11-12-8-15-19-22(13-6-4-5-7-14(13)24(19)2)9-16(25(15)21(11)27)18(12)20(22)28-17(26)10-23/h4-7,11-12,15-16,18-21,27H,3,8-10H2,1-2H3. The van der Waals surface area contributed by atoms with Gasteiger partial charge >= 0.3 is 5.97 Å². The first kappa shape index (κ1) is 17.5. The maximum Gasteiger partial charge on any atom is 0.321 e. The second-order valence-electron chi connectivity index (χ2n) is 9.41. The van der Waals surface area contributed by atoms with Crippen LogP contribution in [0.1, 0.15) is 31.7 Å². The zero-order chi connectivity index (χ0) is 19.4. The quantitative estimate of drug-likeness (QED) is 0.621. The number of aliphatic hydroxyl groups is 1. The van der Waals surface area contributed by atoms with Crippen LogP contribution in [-0.4, -0.2) is 59.4 Å². The molecule has 7 rings (SSSR count). The van der Waals surface area contributed by atoms with Gasteiger partial charge in [0.25, 0.3) is 0 Å². The highest BCUT2D eigenvalue weighted by Gasteiger charge is 2.77. The first-order valence-corrected chi connectivity index (χ1v) is 11.1. The Hall–Kier alpha value is -1.30. The SMILES string of the molecule is CCC1C2CC3C4N(C)c5ccccc5C45CC(C2C5OC(=O)CCl)N3C1O. The van der Waals surface area contributed by atoms with Crippen molar-refractivity contribution >= 4 is 23.3 Å². The molecule has 5 heterocycles. The molecule has 1 aromatic rings. The molecular weight excluding hydrogens is 376 g/mol. The molecule has 150 valence electrons. The Morgan fingerprint density at radius 1 is 1.36 bits per heavy atom. The molecule has 1 saturated carbocycles. The number of hydrogen-bond acceptors (Lipinski definition) is 5. The molecule has 1 aromatic carbocycles. The fourth-order valence-electron chi connectivity index (χ4n) is 8.20. The molecular formula is C22H27ClN2O3. The van der Waals surface area contributed by atoms with Crippen LogP contribution in [0.4, 0.5) is 5.69 Å². The molecule has 1 spiro atoms. The van der Waals surface area contributed by atoms with Gasteiger partial charge in [0.1, 0.15) is 18.2 Å². The number of ether oxygens (including phenoxy) is 1.